The number of benzene rings is 2. The zero-order valence-electron chi connectivity index (χ0n) is 11.2. The van der Waals surface area contributed by atoms with Crippen molar-refractivity contribution in [3.05, 3.63) is 68.9 Å². The predicted octanol–water partition coefficient (Wildman–Crippen LogP) is 4.79. The van der Waals surface area contributed by atoms with Crippen LogP contribution in [0.5, 0.6) is 0 Å². The van der Waals surface area contributed by atoms with Crippen LogP contribution in [0.25, 0.3) is 0 Å². The van der Waals surface area contributed by atoms with Gasteiger partial charge in [0.15, 0.2) is 0 Å². The predicted molar refractivity (Wildman–Crippen MR) is 85.9 cm³/mol. The number of hydrogen-bond donors (Lipinski definition) is 1. The van der Waals surface area contributed by atoms with Gasteiger partial charge in [0.2, 0.25) is 0 Å². The first-order valence-corrected chi connectivity index (χ1v) is 7.62. The summed E-state index contributed by atoms with van der Waals surface area (Å²) in [6.07, 6.45) is 0.564. The van der Waals surface area contributed by atoms with Crippen molar-refractivity contribution in [2.75, 3.05) is 13.6 Å². The molecule has 0 aliphatic heterocycles. The fraction of sp³-hybridized carbons (Fsp3) is 0.250. The lowest BCUT2D eigenvalue weighted by Crippen LogP contribution is -2.20. The summed E-state index contributed by atoms with van der Waals surface area (Å²) < 4.78 is 15.0. The zero-order chi connectivity index (χ0) is 14.5. The van der Waals surface area contributed by atoms with Crippen molar-refractivity contribution in [3.63, 3.8) is 0 Å². The minimum Gasteiger partial charge on any atom is -0.319 e. The van der Waals surface area contributed by atoms with E-state index in [4.69, 9.17) is 11.6 Å². The molecule has 4 heteroatoms. The van der Waals surface area contributed by atoms with Gasteiger partial charge in [-0.15, -0.1) is 0 Å². The van der Waals surface area contributed by atoms with E-state index in [1.807, 2.05) is 25.2 Å². The van der Waals surface area contributed by atoms with Crippen LogP contribution in [0.2, 0.25) is 5.02 Å². The molecular formula is C16H16BrClFN. The molecule has 0 spiro atoms. The van der Waals surface area contributed by atoms with Crippen LogP contribution in [0.3, 0.4) is 0 Å². The molecule has 20 heavy (non-hydrogen) atoms. The number of halogens is 3. The molecule has 0 saturated carbocycles. The molecule has 2 aromatic carbocycles. The first kappa shape index (κ1) is 15.5. The minimum atomic E-state index is -0.245. The molecule has 0 amide bonds. The van der Waals surface area contributed by atoms with Gasteiger partial charge >= 0.3 is 0 Å². The molecule has 0 aliphatic carbocycles. The largest absolute Gasteiger partial charge is 0.319 e. The smallest absolute Gasteiger partial charge is 0.127 e. The maximum atomic E-state index is 14.0. The lowest BCUT2D eigenvalue weighted by molar-refractivity contribution is 0.574. The minimum absolute atomic E-state index is 0.157. The maximum absolute atomic E-state index is 14.0. The fourth-order valence-corrected chi connectivity index (χ4v) is 3.17. The van der Waals surface area contributed by atoms with E-state index in [0.717, 1.165) is 16.6 Å². The molecule has 2 rings (SSSR count). The molecule has 0 aromatic heterocycles. The molecule has 1 nitrogen and oxygen atoms in total. The summed E-state index contributed by atoms with van der Waals surface area (Å²) >= 11 is 9.69. The van der Waals surface area contributed by atoms with Crippen LogP contribution in [0.1, 0.15) is 17.0 Å². The number of nitrogens with one attached hydrogen (secondary N) is 1. The summed E-state index contributed by atoms with van der Waals surface area (Å²) in [5, 5.41) is 3.65. The van der Waals surface area contributed by atoms with Gasteiger partial charge < -0.3 is 5.32 Å². The van der Waals surface area contributed by atoms with Crippen molar-refractivity contribution < 1.29 is 4.39 Å². The Morgan fingerprint density at radius 2 is 1.95 bits per heavy atom. The van der Waals surface area contributed by atoms with Gasteiger partial charge in [-0.3, -0.25) is 0 Å². The molecule has 0 fully saturated rings. The Bertz CT molecular complexity index is 568. The van der Waals surface area contributed by atoms with Crippen molar-refractivity contribution in [2.45, 2.75) is 12.3 Å². The van der Waals surface area contributed by atoms with Gasteiger partial charge in [0.25, 0.3) is 0 Å². The molecule has 0 radical (unpaired) electrons. The summed E-state index contributed by atoms with van der Waals surface area (Å²) in [7, 11) is 1.90. The molecule has 1 unspecified atom stereocenters. The Kier molecular flexibility index (Phi) is 5.58. The Labute approximate surface area is 132 Å². The lowest BCUT2D eigenvalue weighted by atomic mass is 9.91. The van der Waals surface area contributed by atoms with Crippen LogP contribution < -0.4 is 5.32 Å². The second kappa shape index (κ2) is 7.21. The highest BCUT2D eigenvalue weighted by molar-refractivity contribution is 9.10. The highest BCUT2D eigenvalue weighted by atomic mass is 79.9. The molecule has 0 bridgehead atoms. The van der Waals surface area contributed by atoms with Gasteiger partial charge in [-0.05, 0) is 37.2 Å². The molecule has 2 aromatic rings. The quantitative estimate of drug-likeness (QED) is 0.812. The number of likely N-dealkylation sites (N-methyl/N-ethyl adjacent to an activating group) is 1. The molecular weight excluding hydrogens is 341 g/mol. The summed E-state index contributed by atoms with van der Waals surface area (Å²) in [6, 6.07) is 12.8. The normalized spacial score (nSPS) is 12.4. The molecule has 0 heterocycles. The van der Waals surface area contributed by atoms with Crippen molar-refractivity contribution in [2.24, 2.45) is 0 Å². The van der Waals surface area contributed by atoms with Gasteiger partial charge in [0, 0.05) is 27.5 Å². The molecule has 0 aliphatic rings. The number of hydrogen-bond acceptors (Lipinski definition) is 1. The van der Waals surface area contributed by atoms with E-state index in [-0.39, 0.29) is 11.7 Å². The Morgan fingerprint density at radius 1 is 1.20 bits per heavy atom. The van der Waals surface area contributed by atoms with Gasteiger partial charge in [0.05, 0.1) is 0 Å². The second-order valence-electron chi connectivity index (χ2n) is 4.68. The first-order valence-electron chi connectivity index (χ1n) is 6.45. The Hall–Kier alpha value is -0.900. The van der Waals surface area contributed by atoms with Crippen LogP contribution in [-0.4, -0.2) is 13.6 Å². The van der Waals surface area contributed by atoms with E-state index in [1.54, 1.807) is 12.1 Å². The molecule has 1 atom stereocenters. The van der Waals surface area contributed by atoms with Crippen molar-refractivity contribution in [1.82, 2.24) is 5.32 Å². The highest BCUT2D eigenvalue weighted by Gasteiger charge is 2.18. The third kappa shape index (κ3) is 3.60. The first-order chi connectivity index (χ1) is 9.63. The van der Waals surface area contributed by atoms with Crippen LogP contribution in [-0.2, 0) is 6.42 Å². The summed E-state index contributed by atoms with van der Waals surface area (Å²) in [5.41, 5.74) is 1.73. The number of rotatable bonds is 5. The second-order valence-corrected chi connectivity index (χ2v) is 5.94. The van der Waals surface area contributed by atoms with Crippen LogP contribution in [0.15, 0.2) is 46.9 Å². The van der Waals surface area contributed by atoms with Gasteiger partial charge in [-0.1, -0.05) is 51.8 Å². The van der Waals surface area contributed by atoms with E-state index >= 15 is 0 Å². The fourth-order valence-electron chi connectivity index (χ4n) is 2.32. The molecule has 106 valence electrons. The van der Waals surface area contributed by atoms with Crippen molar-refractivity contribution in [3.8, 4) is 0 Å². The van der Waals surface area contributed by atoms with Gasteiger partial charge in [-0.25, -0.2) is 4.39 Å². The average Bonchev–Trinajstić information content (AvgIpc) is 2.43. The van der Waals surface area contributed by atoms with E-state index in [9.17, 15) is 4.39 Å². The van der Waals surface area contributed by atoms with Crippen LogP contribution >= 0.6 is 27.5 Å². The average molecular weight is 357 g/mol. The summed E-state index contributed by atoms with van der Waals surface area (Å²) in [5.74, 6) is -0.0874. The van der Waals surface area contributed by atoms with Crippen LogP contribution in [0, 0.1) is 5.82 Å². The van der Waals surface area contributed by atoms with Crippen molar-refractivity contribution in [1.29, 1.82) is 0 Å². The Balaban J connectivity index is 2.33. The highest BCUT2D eigenvalue weighted by Crippen LogP contribution is 2.30. The standard InChI is InChI=1S/C16H16BrClFN/c1-20-10-11(12-5-2-3-6-14(12)17)9-13-15(18)7-4-8-16(13)19/h2-8,11,20H,9-10H2,1H3. The van der Waals surface area contributed by atoms with E-state index in [2.05, 4.69) is 27.3 Å². The van der Waals surface area contributed by atoms with E-state index in [0.29, 0.717) is 17.0 Å². The molecule has 0 saturated heterocycles. The SMILES string of the molecule is CNCC(Cc1c(F)cccc1Cl)c1ccccc1Br. The third-order valence-electron chi connectivity index (χ3n) is 3.31. The Morgan fingerprint density at radius 3 is 2.60 bits per heavy atom. The topological polar surface area (TPSA) is 12.0 Å². The van der Waals surface area contributed by atoms with Gasteiger partial charge in [0.1, 0.15) is 5.82 Å². The van der Waals surface area contributed by atoms with E-state index in [1.165, 1.54) is 6.07 Å². The monoisotopic (exact) mass is 355 g/mol. The van der Waals surface area contributed by atoms with Crippen LogP contribution in [0.4, 0.5) is 4.39 Å². The summed E-state index contributed by atoms with van der Waals surface area (Å²) in [6.45, 7) is 0.757. The maximum Gasteiger partial charge on any atom is 0.127 e. The zero-order valence-corrected chi connectivity index (χ0v) is 13.5. The van der Waals surface area contributed by atoms with E-state index < -0.39 is 0 Å². The molecule has 1 N–H and O–H groups in total. The summed E-state index contributed by atoms with van der Waals surface area (Å²) in [4.78, 5) is 0. The van der Waals surface area contributed by atoms with Crippen molar-refractivity contribution >= 4 is 27.5 Å². The van der Waals surface area contributed by atoms with Gasteiger partial charge in [-0.2, -0.15) is 0 Å². The third-order valence-corrected chi connectivity index (χ3v) is 4.38. The lowest BCUT2D eigenvalue weighted by Gasteiger charge is -2.19.